The molecule has 7 nitrogen and oxygen atoms in total. The van der Waals surface area contributed by atoms with Crippen LogP contribution in [0.2, 0.25) is 0 Å². The highest BCUT2D eigenvalue weighted by molar-refractivity contribution is 6.40. The Morgan fingerprint density at radius 1 is 1.00 bits per heavy atom. The zero-order valence-electron chi connectivity index (χ0n) is 14.4. The smallest absolute Gasteiger partial charge is 0.316 e. The van der Waals surface area contributed by atoms with Crippen molar-refractivity contribution in [2.75, 3.05) is 51.2 Å². The molecule has 3 aliphatic rings. The van der Waals surface area contributed by atoms with Gasteiger partial charge in [0.05, 0.1) is 0 Å². The fraction of sp³-hybridized carbons (Fsp3) is 0.500. The van der Waals surface area contributed by atoms with Crippen molar-refractivity contribution < 1.29 is 14.4 Å². The summed E-state index contributed by atoms with van der Waals surface area (Å²) in [5, 5.41) is 0. The molecule has 1 unspecified atom stereocenters. The van der Waals surface area contributed by atoms with Crippen LogP contribution in [0.4, 0.5) is 5.69 Å². The minimum atomic E-state index is -0.502. The van der Waals surface area contributed by atoms with Crippen LogP contribution in [0.25, 0.3) is 0 Å². The number of fused-ring (bicyclic) bond motifs is 2. The Bertz CT molecular complexity index is 735. The predicted molar refractivity (Wildman–Crippen MR) is 92.1 cm³/mol. The standard InChI is InChI=1S/C18H22N4O3/c1-19-8-9-20-10-11-21(12-15(20)16(19)23)17(24)18(25)22-7-6-13-4-2-3-5-14(13)22/h2-5,15H,6-12H2,1H3. The third kappa shape index (κ3) is 2.68. The molecule has 0 aliphatic carbocycles. The number of piperazine rings is 2. The Hall–Kier alpha value is -2.41. The van der Waals surface area contributed by atoms with E-state index in [0.29, 0.717) is 32.7 Å². The molecule has 1 aromatic carbocycles. The first-order chi connectivity index (χ1) is 12.1. The number of carbonyl (C=O) groups is 3. The molecule has 132 valence electrons. The summed E-state index contributed by atoms with van der Waals surface area (Å²) >= 11 is 0. The summed E-state index contributed by atoms with van der Waals surface area (Å²) in [7, 11) is 1.78. The van der Waals surface area contributed by atoms with Crippen LogP contribution in [0.5, 0.6) is 0 Å². The number of nitrogens with zero attached hydrogens (tertiary/aromatic N) is 4. The summed E-state index contributed by atoms with van der Waals surface area (Å²) in [6.07, 6.45) is 0.773. The number of hydrogen-bond donors (Lipinski definition) is 0. The number of carbonyl (C=O) groups excluding carboxylic acids is 3. The summed E-state index contributed by atoms with van der Waals surface area (Å²) in [6, 6.07) is 7.37. The molecule has 25 heavy (non-hydrogen) atoms. The van der Waals surface area contributed by atoms with Gasteiger partial charge in [-0.3, -0.25) is 19.3 Å². The van der Waals surface area contributed by atoms with Gasteiger partial charge in [-0.05, 0) is 18.1 Å². The molecule has 2 fully saturated rings. The molecular formula is C18H22N4O3. The fourth-order valence-electron chi connectivity index (χ4n) is 3.95. The average molecular weight is 342 g/mol. The Kier molecular flexibility index (Phi) is 3.95. The Morgan fingerprint density at radius 2 is 1.76 bits per heavy atom. The number of benzene rings is 1. The lowest BCUT2D eigenvalue weighted by molar-refractivity contribution is -0.152. The van der Waals surface area contributed by atoms with Gasteiger partial charge in [0.25, 0.3) is 0 Å². The minimum absolute atomic E-state index is 0.0303. The van der Waals surface area contributed by atoms with E-state index in [1.165, 1.54) is 0 Å². The molecule has 2 saturated heterocycles. The molecular weight excluding hydrogens is 320 g/mol. The van der Waals surface area contributed by atoms with Gasteiger partial charge < -0.3 is 14.7 Å². The maximum absolute atomic E-state index is 12.7. The predicted octanol–water partition coefficient (Wildman–Crippen LogP) is -0.439. The number of amides is 3. The molecule has 1 atom stereocenters. The first-order valence-electron chi connectivity index (χ1n) is 8.74. The molecule has 7 heteroatoms. The van der Waals surface area contributed by atoms with Gasteiger partial charge in [0, 0.05) is 52.0 Å². The maximum atomic E-state index is 12.7. The topological polar surface area (TPSA) is 64.2 Å². The third-order valence-electron chi connectivity index (χ3n) is 5.48. The Morgan fingerprint density at radius 3 is 2.60 bits per heavy atom. The van der Waals surface area contributed by atoms with E-state index in [1.54, 1.807) is 21.7 Å². The van der Waals surface area contributed by atoms with Crippen molar-refractivity contribution in [3.05, 3.63) is 29.8 Å². The summed E-state index contributed by atoms with van der Waals surface area (Å²) in [5.74, 6) is -0.963. The molecule has 0 N–H and O–H groups in total. The van der Waals surface area contributed by atoms with Crippen LogP contribution in [0.3, 0.4) is 0 Å². The van der Waals surface area contributed by atoms with E-state index in [9.17, 15) is 14.4 Å². The van der Waals surface area contributed by atoms with E-state index in [0.717, 1.165) is 24.2 Å². The number of para-hydroxylation sites is 1. The lowest BCUT2D eigenvalue weighted by Gasteiger charge is -2.45. The highest BCUT2D eigenvalue weighted by atomic mass is 16.2. The van der Waals surface area contributed by atoms with E-state index in [4.69, 9.17) is 0 Å². The Balaban J connectivity index is 1.48. The van der Waals surface area contributed by atoms with Crippen LogP contribution in [-0.4, -0.2) is 84.8 Å². The van der Waals surface area contributed by atoms with Gasteiger partial charge in [0.1, 0.15) is 6.04 Å². The number of anilines is 1. The fourth-order valence-corrected chi connectivity index (χ4v) is 3.95. The number of rotatable bonds is 0. The molecule has 3 heterocycles. The molecule has 3 aliphatic heterocycles. The zero-order valence-corrected chi connectivity index (χ0v) is 14.4. The van der Waals surface area contributed by atoms with Crippen molar-refractivity contribution in [3.63, 3.8) is 0 Å². The third-order valence-corrected chi connectivity index (χ3v) is 5.48. The molecule has 0 aromatic heterocycles. The highest BCUT2D eigenvalue weighted by Gasteiger charge is 2.41. The summed E-state index contributed by atoms with van der Waals surface area (Å²) in [5.41, 5.74) is 1.92. The molecule has 3 amide bonds. The first kappa shape index (κ1) is 16.1. The van der Waals surface area contributed by atoms with Crippen LogP contribution in [0.15, 0.2) is 24.3 Å². The first-order valence-corrected chi connectivity index (χ1v) is 8.74. The van der Waals surface area contributed by atoms with Gasteiger partial charge >= 0.3 is 11.8 Å². The SMILES string of the molecule is CN1CCN2CCN(C(=O)C(=O)N3CCc4ccccc43)CC2C1=O. The zero-order chi connectivity index (χ0) is 17.6. The van der Waals surface area contributed by atoms with Gasteiger partial charge in [0.15, 0.2) is 0 Å². The molecule has 0 radical (unpaired) electrons. The van der Waals surface area contributed by atoms with Crippen molar-refractivity contribution >= 4 is 23.4 Å². The van der Waals surface area contributed by atoms with Crippen molar-refractivity contribution in [1.29, 1.82) is 0 Å². The second-order valence-corrected chi connectivity index (χ2v) is 6.90. The van der Waals surface area contributed by atoms with Gasteiger partial charge in [0.2, 0.25) is 5.91 Å². The van der Waals surface area contributed by atoms with Crippen LogP contribution >= 0.6 is 0 Å². The normalized spacial score (nSPS) is 23.5. The molecule has 1 aromatic rings. The monoisotopic (exact) mass is 342 g/mol. The van der Waals surface area contributed by atoms with Crippen LogP contribution < -0.4 is 4.90 Å². The van der Waals surface area contributed by atoms with Crippen molar-refractivity contribution in [1.82, 2.24) is 14.7 Å². The van der Waals surface area contributed by atoms with Crippen molar-refractivity contribution in [2.24, 2.45) is 0 Å². The van der Waals surface area contributed by atoms with Gasteiger partial charge in [-0.2, -0.15) is 0 Å². The molecule has 4 rings (SSSR count). The summed E-state index contributed by atoms with van der Waals surface area (Å²) < 4.78 is 0. The largest absolute Gasteiger partial charge is 0.343 e. The van der Waals surface area contributed by atoms with E-state index in [1.807, 2.05) is 24.3 Å². The van der Waals surface area contributed by atoms with Crippen LogP contribution in [-0.2, 0) is 20.8 Å². The van der Waals surface area contributed by atoms with Gasteiger partial charge in [-0.15, -0.1) is 0 Å². The lowest BCUT2D eigenvalue weighted by Crippen LogP contribution is -2.65. The second kappa shape index (κ2) is 6.15. The van der Waals surface area contributed by atoms with E-state index >= 15 is 0 Å². The number of hydrogen-bond acceptors (Lipinski definition) is 4. The van der Waals surface area contributed by atoms with Crippen LogP contribution in [0.1, 0.15) is 5.56 Å². The lowest BCUT2D eigenvalue weighted by atomic mass is 10.1. The van der Waals surface area contributed by atoms with Gasteiger partial charge in [-0.1, -0.05) is 18.2 Å². The quantitative estimate of drug-likeness (QED) is 0.600. The average Bonchev–Trinajstić information content (AvgIpc) is 3.07. The minimum Gasteiger partial charge on any atom is -0.343 e. The van der Waals surface area contributed by atoms with Gasteiger partial charge in [-0.25, -0.2) is 0 Å². The Labute approximate surface area is 146 Å². The van der Waals surface area contributed by atoms with E-state index in [2.05, 4.69) is 4.90 Å². The highest BCUT2D eigenvalue weighted by Crippen LogP contribution is 2.28. The molecule has 0 saturated carbocycles. The van der Waals surface area contributed by atoms with Crippen molar-refractivity contribution in [3.8, 4) is 0 Å². The second-order valence-electron chi connectivity index (χ2n) is 6.90. The van der Waals surface area contributed by atoms with E-state index < -0.39 is 11.8 Å². The van der Waals surface area contributed by atoms with E-state index in [-0.39, 0.29) is 11.9 Å². The number of likely N-dealkylation sites (N-methyl/N-ethyl adjacent to an activating group) is 1. The summed E-state index contributed by atoms with van der Waals surface area (Å²) in [6.45, 7) is 3.50. The molecule has 0 spiro atoms. The van der Waals surface area contributed by atoms with Crippen molar-refractivity contribution in [2.45, 2.75) is 12.5 Å². The maximum Gasteiger partial charge on any atom is 0.316 e. The van der Waals surface area contributed by atoms with Crippen LogP contribution in [0, 0.1) is 0 Å². The summed E-state index contributed by atoms with van der Waals surface area (Å²) in [4.78, 5) is 44.8. The molecule has 0 bridgehead atoms.